The average Bonchev–Trinajstić information content (AvgIpc) is 3.31. The number of sulfonamides is 1. The molecule has 1 amide bonds. The second-order valence-corrected chi connectivity index (χ2v) is 10.7. The van der Waals surface area contributed by atoms with Crippen molar-refractivity contribution in [1.29, 1.82) is 0 Å². The van der Waals surface area contributed by atoms with Crippen LogP contribution in [0.4, 0.5) is 0 Å². The van der Waals surface area contributed by atoms with E-state index in [-0.39, 0.29) is 17.9 Å². The SMILES string of the molecule is COc1ccc(OC)c([C@H](C)NC(=O)C2CCN(S(=O)(=O)c3ccc4c(c3)CCC4)CC2)c1. The third-order valence-corrected chi connectivity index (χ3v) is 8.69. The highest BCUT2D eigenvalue weighted by molar-refractivity contribution is 7.89. The summed E-state index contributed by atoms with van der Waals surface area (Å²) in [5.74, 6) is 1.08. The standard InChI is InChI=1S/C25H32N2O5S/c1-17(23-16-21(31-2)8-10-24(23)32-3)26-25(28)19-11-13-27(14-12-19)33(29,30)22-9-7-18-5-4-6-20(18)15-22/h7-10,15-17,19H,4-6,11-14H2,1-3H3,(H,26,28)/t17-/m0/s1. The maximum absolute atomic E-state index is 13.2. The first-order valence-corrected chi connectivity index (χ1v) is 12.9. The Hall–Kier alpha value is -2.58. The van der Waals surface area contributed by atoms with E-state index in [1.807, 2.05) is 37.3 Å². The number of nitrogens with one attached hydrogen (secondary N) is 1. The number of rotatable bonds is 7. The van der Waals surface area contributed by atoms with Gasteiger partial charge in [0.1, 0.15) is 11.5 Å². The number of piperidine rings is 1. The minimum absolute atomic E-state index is 0.0676. The van der Waals surface area contributed by atoms with Gasteiger partial charge >= 0.3 is 0 Å². The monoisotopic (exact) mass is 472 g/mol. The van der Waals surface area contributed by atoms with Gasteiger partial charge in [-0.2, -0.15) is 4.31 Å². The highest BCUT2D eigenvalue weighted by atomic mass is 32.2. The van der Waals surface area contributed by atoms with Gasteiger partial charge < -0.3 is 14.8 Å². The zero-order valence-corrected chi connectivity index (χ0v) is 20.3. The summed E-state index contributed by atoms with van der Waals surface area (Å²) < 4.78 is 38.6. The third kappa shape index (κ3) is 4.87. The van der Waals surface area contributed by atoms with Crippen LogP contribution in [0, 0.1) is 5.92 Å². The van der Waals surface area contributed by atoms with Crippen LogP contribution < -0.4 is 14.8 Å². The maximum Gasteiger partial charge on any atom is 0.243 e. The maximum atomic E-state index is 13.2. The molecule has 1 fully saturated rings. The van der Waals surface area contributed by atoms with Crippen LogP contribution in [0.5, 0.6) is 11.5 Å². The van der Waals surface area contributed by atoms with Crippen molar-refractivity contribution in [3.05, 3.63) is 53.1 Å². The van der Waals surface area contributed by atoms with Gasteiger partial charge in [-0.15, -0.1) is 0 Å². The molecule has 1 heterocycles. The molecule has 1 atom stereocenters. The van der Waals surface area contributed by atoms with Crippen LogP contribution in [0.1, 0.15) is 48.9 Å². The molecule has 8 heteroatoms. The summed E-state index contributed by atoms with van der Waals surface area (Å²) >= 11 is 0. The predicted octanol–water partition coefficient (Wildman–Crippen LogP) is 3.47. The summed E-state index contributed by atoms with van der Waals surface area (Å²) in [4.78, 5) is 13.3. The fourth-order valence-corrected chi connectivity index (χ4v) is 6.32. The second-order valence-electron chi connectivity index (χ2n) is 8.80. The van der Waals surface area contributed by atoms with Gasteiger partial charge in [0.25, 0.3) is 0 Å². The molecule has 2 aromatic rings. The molecule has 33 heavy (non-hydrogen) atoms. The Morgan fingerprint density at radius 2 is 1.76 bits per heavy atom. The van der Waals surface area contributed by atoms with E-state index in [1.165, 1.54) is 9.87 Å². The molecule has 0 bridgehead atoms. The topological polar surface area (TPSA) is 84.9 Å². The van der Waals surface area contributed by atoms with Crippen LogP contribution >= 0.6 is 0 Å². The molecule has 1 saturated heterocycles. The first-order valence-electron chi connectivity index (χ1n) is 11.5. The highest BCUT2D eigenvalue weighted by Gasteiger charge is 2.33. The summed E-state index contributed by atoms with van der Waals surface area (Å²) in [6.45, 7) is 2.59. The fourth-order valence-electron chi connectivity index (χ4n) is 4.80. The lowest BCUT2D eigenvalue weighted by atomic mass is 9.96. The third-order valence-electron chi connectivity index (χ3n) is 6.79. The van der Waals surface area contributed by atoms with Gasteiger partial charge in [0.05, 0.1) is 25.2 Å². The van der Waals surface area contributed by atoms with Crippen molar-refractivity contribution >= 4 is 15.9 Å². The predicted molar refractivity (Wildman–Crippen MR) is 126 cm³/mol. The Morgan fingerprint density at radius 1 is 1.03 bits per heavy atom. The summed E-state index contributed by atoms with van der Waals surface area (Å²) in [5.41, 5.74) is 3.24. The number of hydrogen-bond acceptors (Lipinski definition) is 5. The first-order chi connectivity index (χ1) is 15.8. The zero-order chi connectivity index (χ0) is 23.6. The van der Waals surface area contributed by atoms with Gasteiger partial charge in [-0.05, 0) is 80.5 Å². The Balaban J connectivity index is 1.38. The molecule has 178 valence electrons. The van der Waals surface area contributed by atoms with Crippen molar-refractivity contribution in [3.63, 3.8) is 0 Å². The molecule has 0 spiro atoms. The van der Waals surface area contributed by atoms with E-state index in [0.29, 0.717) is 42.3 Å². The molecule has 2 aromatic carbocycles. The highest BCUT2D eigenvalue weighted by Crippen LogP contribution is 2.31. The molecule has 0 aromatic heterocycles. The Kier molecular flexibility index (Phi) is 6.95. The van der Waals surface area contributed by atoms with Gasteiger partial charge in [0.2, 0.25) is 15.9 Å². The average molecular weight is 473 g/mol. The van der Waals surface area contributed by atoms with Crippen molar-refractivity contribution in [2.24, 2.45) is 5.92 Å². The number of nitrogens with zero attached hydrogens (tertiary/aromatic N) is 1. The van der Waals surface area contributed by atoms with Crippen LogP contribution in [0.25, 0.3) is 0 Å². The van der Waals surface area contributed by atoms with Crippen molar-refractivity contribution < 1.29 is 22.7 Å². The van der Waals surface area contributed by atoms with E-state index in [1.54, 1.807) is 20.3 Å². The van der Waals surface area contributed by atoms with Gasteiger partial charge in [0, 0.05) is 24.6 Å². The molecule has 4 rings (SSSR count). The van der Waals surface area contributed by atoms with Crippen LogP contribution in [0.3, 0.4) is 0 Å². The summed E-state index contributed by atoms with van der Waals surface area (Å²) in [5, 5.41) is 3.06. The van der Waals surface area contributed by atoms with Crippen molar-refractivity contribution in [2.75, 3.05) is 27.3 Å². The molecule has 2 aliphatic rings. The smallest absolute Gasteiger partial charge is 0.243 e. The van der Waals surface area contributed by atoms with E-state index < -0.39 is 10.0 Å². The van der Waals surface area contributed by atoms with E-state index in [4.69, 9.17) is 9.47 Å². The van der Waals surface area contributed by atoms with Crippen LogP contribution in [0.2, 0.25) is 0 Å². The molecule has 0 radical (unpaired) electrons. The van der Waals surface area contributed by atoms with Crippen molar-refractivity contribution in [1.82, 2.24) is 9.62 Å². The fraction of sp³-hybridized carbons (Fsp3) is 0.480. The van der Waals surface area contributed by atoms with Crippen molar-refractivity contribution in [2.45, 2.75) is 50.0 Å². The molecule has 0 saturated carbocycles. The van der Waals surface area contributed by atoms with Crippen molar-refractivity contribution in [3.8, 4) is 11.5 Å². The summed E-state index contributed by atoms with van der Waals surface area (Å²) in [6, 6.07) is 10.7. The number of fused-ring (bicyclic) bond motifs is 1. The van der Waals surface area contributed by atoms with E-state index in [0.717, 1.165) is 30.4 Å². The van der Waals surface area contributed by atoms with Crippen LogP contribution in [0.15, 0.2) is 41.3 Å². The normalized spacial score (nSPS) is 17.9. The zero-order valence-electron chi connectivity index (χ0n) is 19.5. The Morgan fingerprint density at radius 3 is 2.45 bits per heavy atom. The number of ether oxygens (including phenoxy) is 2. The lowest BCUT2D eigenvalue weighted by Crippen LogP contribution is -2.43. The number of hydrogen-bond donors (Lipinski definition) is 1. The van der Waals surface area contributed by atoms with E-state index >= 15 is 0 Å². The number of carbonyl (C=O) groups is 1. The van der Waals surface area contributed by atoms with Gasteiger partial charge in [-0.1, -0.05) is 6.07 Å². The van der Waals surface area contributed by atoms with Gasteiger partial charge in [-0.25, -0.2) is 8.42 Å². The first kappa shape index (κ1) is 23.6. The molecule has 1 aliphatic heterocycles. The molecule has 1 N–H and O–H groups in total. The number of methoxy groups -OCH3 is 2. The van der Waals surface area contributed by atoms with Gasteiger partial charge in [0.15, 0.2) is 0 Å². The molecule has 7 nitrogen and oxygen atoms in total. The quantitative estimate of drug-likeness (QED) is 0.667. The Labute approximate surface area is 196 Å². The molecule has 1 aliphatic carbocycles. The summed E-state index contributed by atoms with van der Waals surface area (Å²) in [6.07, 6.45) is 4.04. The minimum atomic E-state index is -3.54. The molecule has 0 unspecified atom stereocenters. The molecular weight excluding hydrogens is 440 g/mol. The van der Waals surface area contributed by atoms with Crippen LogP contribution in [-0.4, -0.2) is 45.9 Å². The van der Waals surface area contributed by atoms with E-state index in [9.17, 15) is 13.2 Å². The number of carbonyl (C=O) groups excluding carboxylic acids is 1. The number of benzene rings is 2. The summed E-state index contributed by atoms with van der Waals surface area (Å²) in [7, 11) is -0.353. The number of aryl methyl sites for hydroxylation is 2. The van der Waals surface area contributed by atoms with Gasteiger partial charge in [-0.3, -0.25) is 4.79 Å². The lowest BCUT2D eigenvalue weighted by molar-refractivity contribution is -0.126. The van der Waals surface area contributed by atoms with Crippen LogP contribution in [-0.2, 0) is 27.7 Å². The van der Waals surface area contributed by atoms with E-state index in [2.05, 4.69) is 5.32 Å². The Bertz CT molecular complexity index is 1120. The number of amides is 1. The second kappa shape index (κ2) is 9.73. The minimum Gasteiger partial charge on any atom is -0.497 e. The largest absolute Gasteiger partial charge is 0.497 e. The lowest BCUT2D eigenvalue weighted by Gasteiger charge is -2.31. The molecular formula is C25H32N2O5S.